The van der Waals surface area contributed by atoms with Gasteiger partial charge in [0.25, 0.3) is 5.56 Å². The first-order valence-corrected chi connectivity index (χ1v) is 9.39. The van der Waals surface area contributed by atoms with Crippen molar-refractivity contribution in [1.82, 2.24) is 9.97 Å². The molecule has 0 unspecified atom stereocenters. The Morgan fingerprint density at radius 1 is 0.935 bits per heavy atom. The number of hydrazone groups is 1. The molecule has 2 N–H and O–H groups in total. The van der Waals surface area contributed by atoms with Crippen molar-refractivity contribution in [2.24, 2.45) is 5.10 Å². The zero-order chi connectivity index (χ0) is 21.6. The molecule has 31 heavy (non-hydrogen) atoms. The lowest BCUT2D eigenvalue weighted by Gasteiger charge is -2.06. The first kappa shape index (κ1) is 19.7. The highest BCUT2D eigenvalue weighted by atomic mass is 19.1. The van der Waals surface area contributed by atoms with E-state index < -0.39 is 5.56 Å². The summed E-state index contributed by atoms with van der Waals surface area (Å²) in [5.74, 6) is -0.148. The molecule has 0 aliphatic carbocycles. The van der Waals surface area contributed by atoms with Crippen LogP contribution in [0.1, 0.15) is 11.1 Å². The number of anilines is 1. The Bertz CT molecular complexity index is 1320. The van der Waals surface area contributed by atoms with E-state index in [1.807, 2.05) is 36.4 Å². The van der Waals surface area contributed by atoms with Gasteiger partial charge < -0.3 is 0 Å². The third-order valence-corrected chi connectivity index (χ3v) is 4.55. The highest BCUT2D eigenvalue weighted by Crippen LogP contribution is 2.20. The highest BCUT2D eigenvalue weighted by molar-refractivity contribution is 5.81. The van der Waals surface area contributed by atoms with E-state index >= 15 is 0 Å². The molecule has 0 fully saturated rings. The first-order chi connectivity index (χ1) is 15.1. The van der Waals surface area contributed by atoms with Gasteiger partial charge in [0.05, 0.1) is 11.9 Å². The molecule has 4 rings (SSSR count). The van der Waals surface area contributed by atoms with Crippen molar-refractivity contribution >= 4 is 12.2 Å². The van der Waals surface area contributed by atoms with Crippen LogP contribution in [-0.2, 0) is 0 Å². The van der Waals surface area contributed by atoms with E-state index in [1.165, 1.54) is 12.1 Å². The summed E-state index contributed by atoms with van der Waals surface area (Å²) in [6, 6.07) is 24.7. The summed E-state index contributed by atoms with van der Waals surface area (Å²) < 4.78 is 13.1. The number of rotatable bonds is 5. The molecule has 1 aromatic heterocycles. The molecule has 4 aromatic rings. The maximum atomic E-state index is 13.1. The lowest BCUT2D eigenvalue weighted by atomic mass is 10.0. The predicted octanol–water partition coefficient (Wildman–Crippen LogP) is 4.56. The van der Waals surface area contributed by atoms with Crippen LogP contribution in [0.5, 0.6) is 0 Å². The van der Waals surface area contributed by atoms with Crippen molar-refractivity contribution in [3.63, 3.8) is 0 Å². The number of benzene rings is 3. The summed E-state index contributed by atoms with van der Waals surface area (Å²) >= 11 is 0. The van der Waals surface area contributed by atoms with Crippen molar-refractivity contribution in [2.75, 3.05) is 5.43 Å². The van der Waals surface area contributed by atoms with Gasteiger partial charge in [-0.25, -0.2) is 14.8 Å². The number of hydrogen-bond donors (Lipinski definition) is 2. The van der Waals surface area contributed by atoms with Crippen LogP contribution in [0, 0.1) is 17.1 Å². The number of nitriles is 1. The molecule has 3 aromatic carbocycles. The number of aromatic nitrogens is 2. The van der Waals surface area contributed by atoms with Gasteiger partial charge >= 0.3 is 0 Å². The summed E-state index contributed by atoms with van der Waals surface area (Å²) in [5, 5.41) is 13.4. The SMILES string of the molecule is N#Cc1c(-c2ccccc2)nc(NN=Cc2ccc(-c3ccc(F)cc3)cc2)[nH]c1=O. The first-order valence-electron chi connectivity index (χ1n) is 9.39. The van der Waals surface area contributed by atoms with Crippen LogP contribution < -0.4 is 11.0 Å². The molecule has 0 amide bonds. The number of nitrogens with zero attached hydrogens (tertiary/aromatic N) is 3. The number of hydrogen-bond acceptors (Lipinski definition) is 5. The normalized spacial score (nSPS) is 10.7. The smallest absolute Gasteiger partial charge is 0.270 e. The maximum absolute atomic E-state index is 13.1. The third-order valence-electron chi connectivity index (χ3n) is 4.55. The fraction of sp³-hybridized carbons (Fsp3) is 0. The summed E-state index contributed by atoms with van der Waals surface area (Å²) in [7, 11) is 0. The monoisotopic (exact) mass is 409 g/mol. The van der Waals surface area contributed by atoms with Crippen LogP contribution in [0.4, 0.5) is 10.3 Å². The molecule has 0 saturated heterocycles. The van der Waals surface area contributed by atoms with Gasteiger partial charge in [0.1, 0.15) is 17.4 Å². The minimum atomic E-state index is -0.544. The van der Waals surface area contributed by atoms with E-state index in [2.05, 4.69) is 20.5 Å². The number of nitrogens with one attached hydrogen (secondary N) is 2. The van der Waals surface area contributed by atoms with Gasteiger partial charge in [0.2, 0.25) is 5.95 Å². The molecule has 150 valence electrons. The Morgan fingerprint density at radius 3 is 2.23 bits per heavy atom. The summed E-state index contributed by atoms with van der Waals surface area (Å²) in [4.78, 5) is 19.1. The average Bonchev–Trinajstić information content (AvgIpc) is 2.80. The lowest BCUT2D eigenvalue weighted by molar-refractivity contribution is 0.628. The van der Waals surface area contributed by atoms with Gasteiger partial charge in [-0.1, -0.05) is 66.7 Å². The summed E-state index contributed by atoms with van der Waals surface area (Å²) in [5.41, 5.74) is 5.73. The zero-order valence-corrected chi connectivity index (χ0v) is 16.2. The number of H-pyrrole nitrogens is 1. The minimum absolute atomic E-state index is 0.0582. The Kier molecular flexibility index (Phi) is 5.63. The molecule has 7 heteroatoms. The van der Waals surface area contributed by atoms with Gasteiger partial charge in [-0.05, 0) is 28.8 Å². The standard InChI is InChI=1S/C24H16FN5O/c25-20-12-10-18(11-13-20)17-8-6-16(7-9-17)15-27-30-24-28-22(19-4-2-1-3-5-19)21(14-26)23(31)29-24/h1-13,15H,(H2,28,29,30,31). The van der Waals surface area contributed by atoms with Crippen LogP contribution in [0.2, 0.25) is 0 Å². The van der Waals surface area contributed by atoms with E-state index in [1.54, 1.807) is 42.6 Å². The predicted molar refractivity (Wildman–Crippen MR) is 118 cm³/mol. The van der Waals surface area contributed by atoms with Crippen LogP contribution >= 0.6 is 0 Å². The van der Waals surface area contributed by atoms with E-state index in [4.69, 9.17) is 0 Å². The molecular weight excluding hydrogens is 393 g/mol. The van der Waals surface area contributed by atoms with Crippen molar-refractivity contribution < 1.29 is 4.39 Å². The van der Waals surface area contributed by atoms with Gasteiger partial charge in [0.15, 0.2) is 0 Å². The molecule has 1 heterocycles. The lowest BCUT2D eigenvalue weighted by Crippen LogP contribution is -2.16. The summed E-state index contributed by atoms with van der Waals surface area (Å²) in [6.45, 7) is 0. The highest BCUT2D eigenvalue weighted by Gasteiger charge is 2.12. The minimum Gasteiger partial charge on any atom is -0.290 e. The quantitative estimate of drug-likeness (QED) is 0.373. The molecule has 0 bridgehead atoms. The van der Waals surface area contributed by atoms with E-state index in [0.717, 1.165) is 16.7 Å². The Labute approximate surface area is 177 Å². The second-order valence-electron chi connectivity index (χ2n) is 6.61. The van der Waals surface area contributed by atoms with Crippen molar-refractivity contribution in [3.8, 4) is 28.5 Å². The molecule has 0 spiro atoms. The van der Waals surface area contributed by atoms with Crippen LogP contribution in [0.15, 0.2) is 88.8 Å². The van der Waals surface area contributed by atoms with Gasteiger partial charge in [-0.15, -0.1) is 0 Å². The Balaban J connectivity index is 1.53. The molecule has 6 nitrogen and oxygen atoms in total. The van der Waals surface area contributed by atoms with Crippen molar-refractivity contribution in [3.05, 3.63) is 106 Å². The van der Waals surface area contributed by atoms with Gasteiger partial charge in [-0.3, -0.25) is 9.78 Å². The largest absolute Gasteiger partial charge is 0.290 e. The molecular formula is C24H16FN5O. The Morgan fingerprint density at radius 2 is 1.58 bits per heavy atom. The molecule has 0 atom stereocenters. The number of aromatic amines is 1. The Hall–Kier alpha value is -4.57. The van der Waals surface area contributed by atoms with Gasteiger partial charge in [0, 0.05) is 5.56 Å². The second kappa shape index (κ2) is 8.84. The van der Waals surface area contributed by atoms with E-state index in [-0.39, 0.29) is 23.0 Å². The fourth-order valence-electron chi connectivity index (χ4n) is 3.01. The topological polar surface area (TPSA) is 93.9 Å². The number of halogens is 1. The van der Waals surface area contributed by atoms with Crippen molar-refractivity contribution in [2.45, 2.75) is 0 Å². The van der Waals surface area contributed by atoms with E-state index in [9.17, 15) is 14.4 Å². The average molecular weight is 409 g/mol. The van der Waals surface area contributed by atoms with Gasteiger partial charge in [-0.2, -0.15) is 10.4 Å². The molecule has 0 aliphatic heterocycles. The van der Waals surface area contributed by atoms with E-state index in [0.29, 0.717) is 5.56 Å². The fourth-order valence-corrected chi connectivity index (χ4v) is 3.01. The second-order valence-corrected chi connectivity index (χ2v) is 6.61. The van der Waals surface area contributed by atoms with Crippen LogP contribution in [-0.4, -0.2) is 16.2 Å². The molecule has 0 radical (unpaired) electrons. The van der Waals surface area contributed by atoms with Crippen LogP contribution in [0.3, 0.4) is 0 Å². The zero-order valence-electron chi connectivity index (χ0n) is 16.2. The molecule has 0 saturated carbocycles. The maximum Gasteiger partial charge on any atom is 0.270 e. The molecule has 0 aliphatic rings. The third kappa shape index (κ3) is 4.54. The van der Waals surface area contributed by atoms with Crippen LogP contribution in [0.25, 0.3) is 22.4 Å². The summed E-state index contributed by atoms with van der Waals surface area (Å²) in [6.07, 6.45) is 1.58. The van der Waals surface area contributed by atoms with Crippen molar-refractivity contribution in [1.29, 1.82) is 5.26 Å².